The third kappa shape index (κ3) is 3.80. The van der Waals surface area contributed by atoms with E-state index < -0.39 is 18.0 Å². The average Bonchev–Trinajstić information content (AvgIpc) is 2.90. The number of hydrogen-bond acceptors (Lipinski definition) is 5. The van der Waals surface area contributed by atoms with Crippen LogP contribution in [0.2, 0.25) is 0 Å². The Balaban J connectivity index is 2.27. The van der Waals surface area contributed by atoms with Gasteiger partial charge in [0.2, 0.25) is 0 Å². The molecule has 0 saturated carbocycles. The Morgan fingerprint density at radius 2 is 2.00 bits per heavy atom. The zero-order valence-electron chi connectivity index (χ0n) is 11.8. The number of rotatable bonds is 6. The van der Waals surface area contributed by atoms with E-state index in [0.717, 1.165) is 10.9 Å². The summed E-state index contributed by atoms with van der Waals surface area (Å²) in [4.78, 5) is 7.79. The van der Waals surface area contributed by atoms with Gasteiger partial charge in [0, 0.05) is 31.5 Å². The van der Waals surface area contributed by atoms with Crippen LogP contribution >= 0.6 is 0 Å². The summed E-state index contributed by atoms with van der Waals surface area (Å²) in [6, 6.07) is 1.58. The van der Waals surface area contributed by atoms with Crippen LogP contribution in [-0.4, -0.2) is 38.6 Å². The van der Waals surface area contributed by atoms with Crippen LogP contribution in [0.3, 0.4) is 0 Å². The van der Waals surface area contributed by atoms with Gasteiger partial charge in [-0.25, -0.2) is 9.97 Å². The topological polar surface area (TPSA) is 73.1 Å². The molecule has 22 heavy (non-hydrogen) atoms. The van der Waals surface area contributed by atoms with Gasteiger partial charge in [0.15, 0.2) is 0 Å². The fraction of sp³-hybridized carbons (Fsp3) is 0.462. The molecular formula is C13H15F3N4O2. The van der Waals surface area contributed by atoms with Gasteiger partial charge in [0.1, 0.15) is 11.5 Å². The Morgan fingerprint density at radius 1 is 1.32 bits per heavy atom. The number of ether oxygens (including phenoxy) is 1. The molecule has 0 aliphatic heterocycles. The molecule has 1 atom stereocenters. The van der Waals surface area contributed by atoms with E-state index in [9.17, 15) is 18.3 Å². The summed E-state index contributed by atoms with van der Waals surface area (Å²) in [6.45, 7) is 0.0298. The van der Waals surface area contributed by atoms with Gasteiger partial charge >= 0.3 is 6.18 Å². The summed E-state index contributed by atoms with van der Waals surface area (Å²) < 4.78 is 45.2. The molecule has 120 valence electrons. The van der Waals surface area contributed by atoms with E-state index in [-0.39, 0.29) is 31.0 Å². The maximum Gasteiger partial charge on any atom is 0.433 e. The Morgan fingerprint density at radius 3 is 2.59 bits per heavy atom. The highest BCUT2D eigenvalue weighted by Gasteiger charge is 2.39. The fourth-order valence-electron chi connectivity index (χ4n) is 2.02. The monoisotopic (exact) mass is 316 g/mol. The lowest BCUT2D eigenvalue weighted by Crippen LogP contribution is -2.20. The van der Waals surface area contributed by atoms with Crippen LogP contribution in [0.1, 0.15) is 23.2 Å². The van der Waals surface area contributed by atoms with Crippen molar-refractivity contribution >= 4 is 0 Å². The Kier molecular flexibility index (Phi) is 5.09. The SMILES string of the molecule is COCCn1ncc(C(O)Cc2ncccn2)c1C(F)(F)F. The minimum atomic E-state index is -4.63. The molecule has 0 spiro atoms. The van der Waals surface area contributed by atoms with E-state index in [4.69, 9.17) is 4.74 Å². The lowest BCUT2D eigenvalue weighted by Gasteiger charge is -2.15. The Bertz CT molecular complexity index is 601. The normalized spacial score (nSPS) is 13.3. The van der Waals surface area contributed by atoms with Crippen LogP contribution in [0.5, 0.6) is 0 Å². The second-order valence-corrected chi connectivity index (χ2v) is 4.55. The highest BCUT2D eigenvalue weighted by atomic mass is 19.4. The molecule has 0 aromatic carbocycles. The van der Waals surface area contributed by atoms with Gasteiger partial charge in [-0.1, -0.05) is 0 Å². The summed E-state index contributed by atoms with van der Waals surface area (Å²) >= 11 is 0. The predicted octanol–water partition coefficient (Wildman–Crippen LogP) is 1.61. The van der Waals surface area contributed by atoms with Crippen molar-refractivity contribution < 1.29 is 23.0 Å². The number of aliphatic hydroxyl groups excluding tert-OH is 1. The number of methoxy groups -OCH3 is 1. The van der Waals surface area contributed by atoms with Crippen LogP contribution in [0.15, 0.2) is 24.7 Å². The molecule has 0 saturated heterocycles. The summed E-state index contributed by atoms with van der Waals surface area (Å²) in [5.74, 6) is 0.257. The van der Waals surface area contributed by atoms with Crippen molar-refractivity contribution in [3.05, 3.63) is 41.7 Å². The zero-order valence-corrected chi connectivity index (χ0v) is 11.8. The van der Waals surface area contributed by atoms with Crippen molar-refractivity contribution in [3.63, 3.8) is 0 Å². The van der Waals surface area contributed by atoms with E-state index in [0.29, 0.717) is 0 Å². The van der Waals surface area contributed by atoms with Crippen molar-refractivity contribution in [2.75, 3.05) is 13.7 Å². The van der Waals surface area contributed by atoms with Crippen LogP contribution in [0, 0.1) is 0 Å². The second-order valence-electron chi connectivity index (χ2n) is 4.55. The lowest BCUT2D eigenvalue weighted by atomic mass is 10.1. The number of halogens is 3. The number of nitrogens with zero attached hydrogens (tertiary/aromatic N) is 4. The summed E-state index contributed by atoms with van der Waals surface area (Å²) in [6.07, 6.45) is -2.21. The summed E-state index contributed by atoms with van der Waals surface area (Å²) in [5.41, 5.74) is -1.27. The van der Waals surface area contributed by atoms with Gasteiger partial charge in [-0.2, -0.15) is 18.3 Å². The van der Waals surface area contributed by atoms with Gasteiger partial charge in [-0.3, -0.25) is 4.68 Å². The Hall–Kier alpha value is -2.00. The van der Waals surface area contributed by atoms with Gasteiger partial charge < -0.3 is 9.84 Å². The molecule has 9 heteroatoms. The average molecular weight is 316 g/mol. The summed E-state index contributed by atoms with van der Waals surface area (Å²) in [5, 5.41) is 13.8. The van der Waals surface area contributed by atoms with E-state index in [1.54, 1.807) is 6.07 Å². The lowest BCUT2D eigenvalue weighted by molar-refractivity contribution is -0.146. The maximum atomic E-state index is 13.2. The van der Waals surface area contributed by atoms with E-state index in [1.165, 1.54) is 19.5 Å². The molecule has 0 fully saturated rings. The zero-order chi connectivity index (χ0) is 16.2. The van der Waals surface area contributed by atoms with Gasteiger partial charge in [-0.05, 0) is 6.07 Å². The molecule has 6 nitrogen and oxygen atoms in total. The largest absolute Gasteiger partial charge is 0.433 e. The first kappa shape index (κ1) is 16.4. The van der Waals surface area contributed by atoms with Crippen molar-refractivity contribution in [3.8, 4) is 0 Å². The van der Waals surface area contributed by atoms with Crippen molar-refractivity contribution in [1.82, 2.24) is 19.7 Å². The minimum absolute atomic E-state index is 0.0557. The molecule has 2 heterocycles. The molecule has 1 N–H and O–H groups in total. The number of alkyl halides is 3. The van der Waals surface area contributed by atoms with Crippen molar-refractivity contribution in [1.29, 1.82) is 0 Å². The first-order chi connectivity index (χ1) is 10.4. The molecule has 1 unspecified atom stereocenters. The predicted molar refractivity (Wildman–Crippen MR) is 69.8 cm³/mol. The molecule has 0 aliphatic carbocycles. The number of aromatic nitrogens is 4. The van der Waals surface area contributed by atoms with Gasteiger partial charge in [0.25, 0.3) is 0 Å². The van der Waals surface area contributed by atoms with Crippen LogP contribution in [0.25, 0.3) is 0 Å². The quantitative estimate of drug-likeness (QED) is 0.876. The molecule has 0 aliphatic rings. The minimum Gasteiger partial charge on any atom is -0.388 e. The third-order valence-corrected chi connectivity index (χ3v) is 3.00. The highest BCUT2D eigenvalue weighted by Crippen LogP contribution is 2.35. The smallest absolute Gasteiger partial charge is 0.388 e. The van der Waals surface area contributed by atoms with Gasteiger partial charge in [0.05, 0.1) is 25.5 Å². The first-order valence-electron chi connectivity index (χ1n) is 6.49. The van der Waals surface area contributed by atoms with E-state index in [2.05, 4.69) is 15.1 Å². The molecule has 0 radical (unpaired) electrons. The van der Waals surface area contributed by atoms with E-state index >= 15 is 0 Å². The number of aliphatic hydroxyl groups is 1. The molecular weight excluding hydrogens is 301 g/mol. The van der Waals surface area contributed by atoms with Crippen LogP contribution < -0.4 is 0 Å². The third-order valence-electron chi connectivity index (χ3n) is 3.00. The standard InChI is InChI=1S/C13H15F3N4O2/c1-22-6-5-20-12(13(14,15)16)9(8-19-20)10(21)7-11-17-3-2-4-18-11/h2-4,8,10,21H,5-7H2,1H3. The molecule has 2 rings (SSSR count). The molecule has 0 bridgehead atoms. The first-order valence-corrected chi connectivity index (χ1v) is 6.49. The van der Waals surface area contributed by atoms with Crippen LogP contribution in [-0.2, 0) is 23.9 Å². The summed E-state index contributed by atoms with van der Waals surface area (Å²) in [7, 11) is 1.39. The number of hydrogen-bond donors (Lipinski definition) is 1. The molecule has 2 aromatic rings. The van der Waals surface area contributed by atoms with E-state index in [1.807, 2.05) is 0 Å². The molecule has 2 aromatic heterocycles. The maximum absolute atomic E-state index is 13.2. The highest BCUT2D eigenvalue weighted by molar-refractivity contribution is 5.24. The van der Waals surface area contributed by atoms with Crippen molar-refractivity contribution in [2.45, 2.75) is 25.2 Å². The Labute approximate surface area is 124 Å². The fourth-order valence-corrected chi connectivity index (χ4v) is 2.02. The second kappa shape index (κ2) is 6.84. The van der Waals surface area contributed by atoms with Crippen molar-refractivity contribution in [2.24, 2.45) is 0 Å². The molecule has 0 amide bonds. The van der Waals surface area contributed by atoms with Gasteiger partial charge in [-0.15, -0.1) is 0 Å². The van der Waals surface area contributed by atoms with Crippen LogP contribution in [0.4, 0.5) is 13.2 Å².